The van der Waals surface area contributed by atoms with Gasteiger partial charge in [0.05, 0.1) is 5.75 Å². The number of fused-ring (bicyclic) bond motifs is 1. The Kier molecular flexibility index (Phi) is 4.90. The van der Waals surface area contributed by atoms with E-state index in [0.29, 0.717) is 5.75 Å². The molecule has 1 heterocycles. The molecule has 24 heavy (non-hydrogen) atoms. The number of amides is 1. The summed E-state index contributed by atoms with van der Waals surface area (Å²) in [7, 11) is 0. The van der Waals surface area contributed by atoms with E-state index in [1.54, 1.807) is 22.7 Å². The molecule has 0 aromatic heterocycles. The third-order valence-electron chi connectivity index (χ3n) is 4.14. The van der Waals surface area contributed by atoms with Gasteiger partial charge < -0.3 is 10.0 Å². The molecule has 124 valence electrons. The molecular formula is C19H19NO3S. The lowest BCUT2D eigenvalue weighted by Gasteiger charge is -2.17. The molecule has 0 saturated heterocycles. The van der Waals surface area contributed by atoms with Crippen molar-refractivity contribution in [2.24, 2.45) is 0 Å². The number of anilines is 1. The summed E-state index contributed by atoms with van der Waals surface area (Å²) >= 11 is 1.56. The van der Waals surface area contributed by atoms with Crippen molar-refractivity contribution in [2.45, 2.75) is 18.6 Å². The highest BCUT2D eigenvalue weighted by atomic mass is 32.2. The molecule has 4 nitrogen and oxygen atoms in total. The summed E-state index contributed by atoms with van der Waals surface area (Å²) in [5, 5.41) is 9.37. The first kappa shape index (κ1) is 16.6. The number of aryl methyl sites for hydroxylation is 1. The number of rotatable bonds is 5. The number of thioether (sulfide) groups is 1. The Hall–Kier alpha value is -2.27. The summed E-state index contributed by atoms with van der Waals surface area (Å²) < 4.78 is 0. The number of hydrogen-bond acceptors (Lipinski definition) is 3. The minimum absolute atomic E-state index is 0.0381. The van der Waals surface area contributed by atoms with E-state index < -0.39 is 11.9 Å². The van der Waals surface area contributed by atoms with Gasteiger partial charge in [-0.15, -0.1) is 11.8 Å². The van der Waals surface area contributed by atoms with E-state index in [2.05, 4.69) is 12.1 Å². The Labute approximate surface area is 145 Å². The predicted molar refractivity (Wildman–Crippen MR) is 96.5 cm³/mol. The number of hydrogen-bond donors (Lipinski definition) is 1. The zero-order valence-electron chi connectivity index (χ0n) is 13.4. The van der Waals surface area contributed by atoms with Crippen molar-refractivity contribution in [1.82, 2.24) is 0 Å². The first-order valence-electron chi connectivity index (χ1n) is 7.81. The molecular weight excluding hydrogens is 322 g/mol. The fraction of sp³-hybridized carbons (Fsp3) is 0.263. The molecule has 2 aromatic rings. The van der Waals surface area contributed by atoms with Crippen LogP contribution >= 0.6 is 11.8 Å². The molecule has 0 spiro atoms. The average Bonchev–Trinajstić information content (AvgIpc) is 2.95. The Balaban J connectivity index is 1.64. The summed E-state index contributed by atoms with van der Waals surface area (Å²) in [5.74, 6) is -0.444. The van der Waals surface area contributed by atoms with Crippen LogP contribution in [0.2, 0.25) is 0 Å². The van der Waals surface area contributed by atoms with Gasteiger partial charge in [-0.1, -0.05) is 48.0 Å². The summed E-state index contributed by atoms with van der Waals surface area (Å²) in [5.41, 5.74) is 3.85. The lowest BCUT2D eigenvalue weighted by Crippen LogP contribution is -2.32. The minimum atomic E-state index is -0.884. The second kappa shape index (κ2) is 7.09. The molecule has 0 aliphatic carbocycles. The summed E-state index contributed by atoms with van der Waals surface area (Å²) in [4.78, 5) is 25.6. The van der Waals surface area contributed by atoms with E-state index >= 15 is 0 Å². The van der Waals surface area contributed by atoms with Crippen LogP contribution in [-0.4, -0.2) is 29.3 Å². The minimum Gasteiger partial charge on any atom is -0.481 e. The van der Waals surface area contributed by atoms with Crippen LogP contribution < -0.4 is 4.90 Å². The zero-order chi connectivity index (χ0) is 17.1. The van der Waals surface area contributed by atoms with Crippen molar-refractivity contribution in [2.75, 3.05) is 17.2 Å². The second-order valence-corrected chi connectivity index (χ2v) is 6.92. The Morgan fingerprint density at radius 2 is 2.00 bits per heavy atom. The number of nitrogens with zero attached hydrogens (tertiary/aromatic N) is 1. The van der Waals surface area contributed by atoms with Crippen molar-refractivity contribution >= 4 is 29.3 Å². The van der Waals surface area contributed by atoms with Crippen LogP contribution in [0.5, 0.6) is 0 Å². The van der Waals surface area contributed by atoms with Crippen molar-refractivity contribution < 1.29 is 14.7 Å². The summed E-state index contributed by atoms with van der Waals surface area (Å²) in [6.45, 7) is 2.27. The van der Waals surface area contributed by atoms with Gasteiger partial charge >= 0.3 is 5.97 Å². The first-order chi connectivity index (χ1) is 11.6. The second-order valence-electron chi connectivity index (χ2n) is 5.94. The molecule has 0 saturated carbocycles. The first-order valence-corrected chi connectivity index (χ1v) is 8.97. The number of carboxylic acids is 1. The number of carbonyl (C=O) groups is 2. The molecule has 1 atom stereocenters. The summed E-state index contributed by atoms with van der Waals surface area (Å²) in [6.07, 6.45) is 0. The Morgan fingerprint density at radius 3 is 2.75 bits per heavy atom. The largest absolute Gasteiger partial charge is 0.481 e. The topological polar surface area (TPSA) is 57.6 Å². The maximum atomic E-state index is 12.5. The van der Waals surface area contributed by atoms with Crippen LogP contribution in [0.25, 0.3) is 0 Å². The Morgan fingerprint density at radius 1 is 1.21 bits per heavy atom. The van der Waals surface area contributed by atoms with Crippen LogP contribution in [0, 0.1) is 6.92 Å². The molecule has 3 rings (SSSR count). The maximum Gasteiger partial charge on any atom is 0.312 e. The van der Waals surface area contributed by atoms with Crippen molar-refractivity contribution in [3.8, 4) is 0 Å². The number of carbonyl (C=O) groups excluding carboxylic acids is 1. The normalized spacial score (nSPS) is 16.0. The van der Waals surface area contributed by atoms with Gasteiger partial charge in [0.25, 0.3) is 0 Å². The maximum absolute atomic E-state index is 12.5. The van der Waals surface area contributed by atoms with Gasteiger partial charge in [-0.2, -0.15) is 0 Å². The van der Waals surface area contributed by atoms with Crippen LogP contribution in [0.1, 0.15) is 22.6 Å². The fourth-order valence-electron chi connectivity index (χ4n) is 2.99. The number of aliphatic carboxylic acids is 1. The summed E-state index contributed by atoms with van der Waals surface area (Å²) in [6, 6.07) is 15.5. The number of carboxylic acid groups (broad SMARTS) is 1. The van der Waals surface area contributed by atoms with Crippen LogP contribution in [0.3, 0.4) is 0 Å². The Bertz CT molecular complexity index is 775. The molecule has 2 aromatic carbocycles. The van der Waals surface area contributed by atoms with E-state index in [-0.39, 0.29) is 12.5 Å². The smallest absolute Gasteiger partial charge is 0.312 e. The van der Waals surface area contributed by atoms with Crippen molar-refractivity contribution in [1.29, 1.82) is 0 Å². The SMILES string of the molecule is Cc1cccc(CSCC(=O)N2CC(C(=O)O)c3ccccc32)c1. The third-order valence-corrected chi connectivity index (χ3v) is 5.13. The fourth-order valence-corrected chi connectivity index (χ4v) is 3.84. The molecule has 0 radical (unpaired) electrons. The predicted octanol–water partition coefficient (Wildman–Crippen LogP) is 3.44. The molecule has 1 amide bonds. The molecule has 0 fully saturated rings. The quantitative estimate of drug-likeness (QED) is 0.905. The van der Waals surface area contributed by atoms with E-state index in [9.17, 15) is 14.7 Å². The van der Waals surface area contributed by atoms with Gasteiger partial charge in [-0.3, -0.25) is 9.59 Å². The van der Waals surface area contributed by atoms with Crippen LogP contribution in [0.4, 0.5) is 5.69 Å². The number of para-hydroxylation sites is 1. The zero-order valence-corrected chi connectivity index (χ0v) is 14.3. The van der Waals surface area contributed by atoms with Crippen LogP contribution in [0.15, 0.2) is 48.5 Å². The standard InChI is InChI=1S/C19H19NO3S/c1-13-5-4-6-14(9-13)11-24-12-18(21)20-10-16(19(22)23)15-7-2-3-8-17(15)20/h2-9,16H,10-12H2,1H3,(H,22,23). The molecule has 0 bridgehead atoms. The average molecular weight is 341 g/mol. The van der Waals surface area contributed by atoms with Gasteiger partial charge in [0.2, 0.25) is 5.91 Å². The van der Waals surface area contributed by atoms with Gasteiger partial charge in [-0.05, 0) is 24.1 Å². The lowest BCUT2D eigenvalue weighted by molar-refractivity contribution is -0.138. The van der Waals surface area contributed by atoms with Gasteiger partial charge in [0.15, 0.2) is 0 Å². The van der Waals surface area contributed by atoms with Crippen molar-refractivity contribution in [3.05, 3.63) is 65.2 Å². The monoisotopic (exact) mass is 341 g/mol. The molecule has 5 heteroatoms. The van der Waals surface area contributed by atoms with Gasteiger partial charge in [-0.25, -0.2) is 0 Å². The third kappa shape index (κ3) is 3.46. The van der Waals surface area contributed by atoms with Gasteiger partial charge in [0.1, 0.15) is 5.92 Å². The molecule has 1 aliphatic heterocycles. The highest BCUT2D eigenvalue weighted by molar-refractivity contribution is 7.99. The van der Waals surface area contributed by atoms with Crippen molar-refractivity contribution in [3.63, 3.8) is 0 Å². The van der Waals surface area contributed by atoms with E-state index in [1.807, 2.05) is 37.3 Å². The lowest BCUT2D eigenvalue weighted by atomic mass is 10.0. The molecule has 1 aliphatic rings. The highest BCUT2D eigenvalue weighted by Crippen LogP contribution is 2.36. The van der Waals surface area contributed by atoms with E-state index in [4.69, 9.17) is 0 Å². The van der Waals surface area contributed by atoms with Gasteiger partial charge in [0, 0.05) is 18.0 Å². The molecule has 1 unspecified atom stereocenters. The number of benzene rings is 2. The highest BCUT2D eigenvalue weighted by Gasteiger charge is 2.35. The van der Waals surface area contributed by atoms with Crippen LogP contribution in [-0.2, 0) is 15.3 Å². The van der Waals surface area contributed by atoms with E-state index in [0.717, 1.165) is 17.0 Å². The molecule has 1 N–H and O–H groups in total. The van der Waals surface area contributed by atoms with E-state index in [1.165, 1.54) is 11.1 Å².